The molecule has 0 saturated heterocycles. The fourth-order valence-electron chi connectivity index (χ4n) is 2.03. The average molecular weight is 248 g/mol. The van der Waals surface area contributed by atoms with Gasteiger partial charge in [0.05, 0.1) is 17.6 Å². The van der Waals surface area contributed by atoms with Gasteiger partial charge in [-0.2, -0.15) is 5.10 Å². The second-order valence-electron chi connectivity index (χ2n) is 4.20. The van der Waals surface area contributed by atoms with Crippen LogP contribution in [0.25, 0.3) is 16.9 Å². The third kappa shape index (κ3) is 2.18. The first-order valence-electron chi connectivity index (χ1n) is 6.03. The van der Waals surface area contributed by atoms with E-state index in [1.165, 1.54) is 0 Å². The van der Waals surface area contributed by atoms with Crippen LogP contribution in [0.4, 0.5) is 0 Å². The van der Waals surface area contributed by atoms with E-state index in [2.05, 4.69) is 5.10 Å². The highest BCUT2D eigenvalue weighted by Crippen LogP contribution is 2.22. The highest BCUT2D eigenvalue weighted by molar-refractivity contribution is 5.76. The first kappa shape index (κ1) is 11.4. The minimum atomic E-state index is 0.675. The van der Waals surface area contributed by atoms with Gasteiger partial charge in [-0.3, -0.25) is 4.79 Å². The summed E-state index contributed by atoms with van der Waals surface area (Å²) in [4.78, 5) is 10.7. The summed E-state index contributed by atoms with van der Waals surface area (Å²) in [5.41, 5.74) is 3.73. The van der Waals surface area contributed by atoms with Crippen molar-refractivity contribution in [3.8, 4) is 16.9 Å². The van der Waals surface area contributed by atoms with E-state index in [9.17, 15) is 4.79 Å². The van der Waals surface area contributed by atoms with Crippen LogP contribution < -0.4 is 0 Å². The van der Waals surface area contributed by atoms with Gasteiger partial charge in [-0.1, -0.05) is 42.5 Å². The number of hydrogen-bond donors (Lipinski definition) is 0. The average Bonchev–Trinajstić information content (AvgIpc) is 2.98. The zero-order chi connectivity index (χ0) is 13.1. The van der Waals surface area contributed by atoms with Gasteiger partial charge in [0, 0.05) is 11.1 Å². The molecule has 0 unspecified atom stereocenters. The number of carbonyl (C=O) groups excluding carboxylic acids is 1. The van der Waals surface area contributed by atoms with Crippen LogP contribution in [0.3, 0.4) is 0 Å². The normalized spacial score (nSPS) is 10.3. The summed E-state index contributed by atoms with van der Waals surface area (Å²) in [6.07, 6.45) is 2.62. The summed E-state index contributed by atoms with van der Waals surface area (Å²) in [6.45, 7) is 0. The Kier molecular flexibility index (Phi) is 2.94. The molecule has 0 aliphatic carbocycles. The molecular formula is C16H12N2O. The highest BCUT2D eigenvalue weighted by atomic mass is 16.1. The van der Waals surface area contributed by atoms with E-state index in [4.69, 9.17) is 0 Å². The summed E-state index contributed by atoms with van der Waals surface area (Å²) in [5, 5.41) is 4.35. The van der Waals surface area contributed by atoms with Gasteiger partial charge in [0.2, 0.25) is 0 Å². The lowest BCUT2D eigenvalue weighted by atomic mass is 10.1. The zero-order valence-electron chi connectivity index (χ0n) is 10.2. The van der Waals surface area contributed by atoms with Gasteiger partial charge in [0.25, 0.3) is 0 Å². The molecule has 3 rings (SSSR count). The van der Waals surface area contributed by atoms with Crippen molar-refractivity contribution in [3.63, 3.8) is 0 Å². The minimum Gasteiger partial charge on any atom is -0.298 e. The highest BCUT2D eigenvalue weighted by Gasteiger charge is 2.06. The zero-order valence-corrected chi connectivity index (χ0v) is 10.2. The van der Waals surface area contributed by atoms with Crippen LogP contribution in [-0.2, 0) is 0 Å². The molecule has 0 N–H and O–H groups in total. The molecule has 3 aromatic rings. The molecule has 0 bridgehead atoms. The van der Waals surface area contributed by atoms with Crippen molar-refractivity contribution >= 4 is 6.29 Å². The number of hydrogen-bond acceptors (Lipinski definition) is 2. The second-order valence-corrected chi connectivity index (χ2v) is 4.20. The molecule has 1 aromatic heterocycles. The Morgan fingerprint density at radius 1 is 0.895 bits per heavy atom. The van der Waals surface area contributed by atoms with Crippen molar-refractivity contribution < 1.29 is 4.79 Å². The van der Waals surface area contributed by atoms with Crippen molar-refractivity contribution in [1.29, 1.82) is 0 Å². The Morgan fingerprint density at radius 2 is 1.63 bits per heavy atom. The minimum absolute atomic E-state index is 0.675. The van der Waals surface area contributed by atoms with E-state index >= 15 is 0 Å². The largest absolute Gasteiger partial charge is 0.298 e. The SMILES string of the molecule is O=Cc1ccc(-c2ccnn2-c2ccccc2)cc1. The lowest BCUT2D eigenvalue weighted by Gasteiger charge is -2.07. The van der Waals surface area contributed by atoms with Crippen molar-refractivity contribution in [2.45, 2.75) is 0 Å². The molecule has 0 radical (unpaired) electrons. The van der Waals surface area contributed by atoms with Gasteiger partial charge in [0.1, 0.15) is 6.29 Å². The monoisotopic (exact) mass is 248 g/mol. The van der Waals surface area contributed by atoms with Crippen LogP contribution in [0.2, 0.25) is 0 Å². The standard InChI is InChI=1S/C16H12N2O/c19-12-13-6-8-14(9-7-13)16-10-11-17-18(16)15-4-2-1-3-5-15/h1-12H. The summed E-state index contributed by atoms with van der Waals surface area (Å²) in [7, 11) is 0. The lowest BCUT2D eigenvalue weighted by Crippen LogP contribution is -1.98. The Morgan fingerprint density at radius 3 is 2.32 bits per heavy atom. The maximum absolute atomic E-state index is 10.7. The van der Waals surface area contributed by atoms with Crippen LogP contribution in [-0.4, -0.2) is 16.1 Å². The van der Waals surface area contributed by atoms with E-state index < -0.39 is 0 Å². The molecule has 0 atom stereocenters. The second kappa shape index (κ2) is 4.90. The molecular weight excluding hydrogens is 236 g/mol. The van der Waals surface area contributed by atoms with Crippen LogP contribution in [0.5, 0.6) is 0 Å². The molecule has 0 saturated carbocycles. The van der Waals surface area contributed by atoms with Crippen LogP contribution >= 0.6 is 0 Å². The lowest BCUT2D eigenvalue weighted by molar-refractivity contribution is 0.112. The third-order valence-corrected chi connectivity index (χ3v) is 2.99. The number of benzene rings is 2. The molecule has 19 heavy (non-hydrogen) atoms. The number of rotatable bonds is 3. The van der Waals surface area contributed by atoms with Crippen LogP contribution in [0.1, 0.15) is 10.4 Å². The molecule has 92 valence electrons. The molecule has 0 aliphatic heterocycles. The third-order valence-electron chi connectivity index (χ3n) is 2.99. The van der Waals surface area contributed by atoms with Gasteiger partial charge in [-0.05, 0) is 18.2 Å². The summed E-state index contributed by atoms with van der Waals surface area (Å²) >= 11 is 0. The van der Waals surface area contributed by atoms with Gasteiger partial charge >= 0.3 is 0 Å². The predicted octanol–water partition coefficient (Wildman–Crippen LogP) is 3.35. The summed E-state index contributed by atoms with van der Waals surface area (Å²) in [5.74, 6) is 0. The summed E-state index contributed by atoms with van der Waals surface area (Å²) < 4.78 is 1.88. The Balaban J connectivity index is 2.06. The van der Waals surface area contributed by atoms with E-state index in [0.717, 1.165) is 23.2 Å². The van der Waals surface area contributed by atoms with Crippen molar-refractivity contribution in [2.24, 2.45) is 0 Å². The maximum Gasteiger partial charge on any atom is 0.150 e. The van der Waals surface area contributed by atoms with Crippen molar-refractivity contribution in [2.75, 3.05) is 0 Å². The molecule has 0 fully saturated rings. The van der Waals surface area contributed by atoms with E-state index in [1.54, 1.807) is 6.20 Å². The molecule has 2 aromatic carbocycles. The van der Waals surface area contributed by atoms with Gasteiger partial charge < -0.3 is 0 Å². The fourth-order valence-corrected chi connectivity index (χ4v) is 2.03. The van der Waals surface area contributed by atoms with E-state index in [0.29, 0.717) is 5.56 Å². The van der Waals surface area contributed by atoms with Gasteiger partial charge in [-0.25, -0.2) is 4.68 Å². The Hall–Kier alpha value is -2.68. The van der Waals surface area contributed by atoms with Crippen LogP contribution in [0, 0.1) is 0 Å². The Labute approximate surface area is 111 Å². The molecule has 3 nitrogen and oxygen atoms in total. The molecule has 0 amide bonds. The maximum atomic E-state index is 10.7. The first-order valence-corrected chi connectivity index (χ1v) is 6.03. The van der Waals surface area contributed by atoms with Crippen molar-refractivity contribution in [3.05, 3.63) is 72.4 Å². The van der Waals surface area contributed by atoms with E-state index in [-0.39, 0.29) is 0 Å². The number of aldehydes is 1. The first-order chi connectivity index (χ1) is 9.38. The fraction of sp³-hybridized carbons (Fsp3) is 0. The molecule has 0 aliphatic rings. The Bertz CT molecular complexity index is 684. The molecule has 3 heteroatoms. The predicted molar refractivity (Wildman–Crippen MR) is 74.4 cm³/mol. The van der Waals surface area contributed by atoms with Crippen LogP contribution in [0.15, 0.2) is 66.9 Å². The topological polar surface area (TPSA) is 34.9 Å². The number of aromatic nitrogens is 2. The molecule has 0 spiro atoms. The summed E-state index contributed by atoms with van der Waals surface area (Å²) in [6, 6.07) is 19.4. The van der Waals surface area contributed by atoms with Gasteiger partial charge in [-0.15, -0.1) is 0 Å². The number of para-hydroxylation sites is 1. The smallest absolute Gasteiger partial charge is 0.150 e. The molecule has 1 heterocycles. The van der Waals surface area contributed by atoms with Gasteiger partial charge in [0.15, 0.2) is 0 Å². The van der Waals surface area contributed by atoms with E-state index in [1.807, 2.05) is 65.3 Å². The number of carbonyl (C=O) groups is 1. The quantitative estimate of drug-likeness (QED) is 0.666. The number of nitrogens with zero attached hydrogens (tertiary/aromatic N) is 2. The van der Waals surface area contributed by atoms with Crippen molar-refractivity contribution in [1.82, 2.24) is 9.78 Å².